The van der Waals surface area contributed by atoms with Gasteiger partial charge in [0.05, 0.1) is 35.3 Å². The number of aromatic carboxylic acids is 1. The van der Waals surface area contributed by atoms with Gasteiger partial charge in [-0.3, -0.25) is 4.90 Å². The number of aromatic nitrogens is 5. The fourth-order valence-corrected chi connectivity index (χ4v) is 5.48. The van der Waals surface area contributed by atoms with E-state index in [1.807, 2.05) is 4.57 Å². The van der Waals surface area contributed by atoms with Crippen LogP contribution in [0.5, 0.6) is 11.8 Å². The number of carboxylic acid groups (broad SMARTS) is 1. The second kappa shape index (κ2) is 12.3. The highest BCUT2D eigenvalue weighted by molar-refractivity contribution is 6.30. The normalized spacial score (nSPS) is 20.6. The molecule has 2 aliphatic rings. The minimum absolute atomic E-state index is 0.0196. The Morgan fingerprint density at radius 2 is 2.02 bits per heavy atom. The maximum Gasteiger partial charge on any atom is 0.335 e. The first-order valence-corrected chi connectivity index (χ1v) is 14.3. The molecule has 0 unspecified atom stereocenters. The Kier molecular flexibility index (Phi) is 8.37. The molecule has 4 aromatic rings. The quantitative estimate of drug-likeness (QED) is 0.270. The van der Waals surface area contributed by atoms with Crippen molar-refractivity contribution in [1.29, 1.82) is 0 Å². The number of pyridine rings is 1. The number of nitrogens with zero attached hydrogens (tertiary/aromatic N) is 6. The van der Waals surface area contributed by atoms with Crippen LogP contribution >= 0.6 is 11.6 Å². The Balaban J connectivity index is 1.11. The van der Waals surface area contributed by atoms with Crippen molar-refractivity contribution in [3.8, 4) is 11.8 Å². The molecule has 5 heterocycles. The van der Waals surface area contributed by atoms with Crippen LogP contribution in [0, 0.1) is 11.6 Å². The van der Waals surface area contributed by atoms with Crippen molar-refractivity contribution in [3.05, 3.63) is 70.5 Å². The average Bonchev–Trinajstić information content (AvgIpc) is 3.29. The van der Waals surface area contributed by atoms with Crippen molar-refractivity contribution in [3.63, 3.8) is 0 Å². The first-order chi connectivity index (χ1) is 20.7. The van der Waals surface area contributed by atoms with Gasteiger partial charge in [0.2, 0.25) is 5.88 Å². The number of rotatable bonds is 10. The largest absolute Gasteiger partial charge is 0.478 e. The third-order valence-corrected chi connectivity index (χ3v) is 7.91. The van der Waals surface area contributed by atoms with E-state index in [0.717, 1.165) is 18.6 Å². The molecule has 11 nitrogen and oxygen atoms in total. The number of halogens is 3. The van der Waals surface area contributed by atoms with Gasteiger partial charge in [-0.25, -0.2) is 28.5 Å². The smallest absolute Gasteiger partial charge is 0.335 e. The van der Waals surface area contributed by atoms with E-state index in [0.29, 0.717) is 62.1 Å². The Bertz CT molecular complexity index is 1650. The van der Waals surface area contributed by atoms with Crippen molar-refractivity contribution >= 4 is 28.6 Å². The maximum atomic E-state index is 14.9. The molecule has 0 amide bonds. The predicted molar refractivity (Wildman–Crippen MR) is 150 cm³/mol. The molecular weight excluding hydrogens is 586 g/mol. The number of fused-ring (bicyclic) bond motifs is 1. The minimum atomic E-state index is -1.19. The molecule has 2 aliphatic heterocycles. The summed E-state index contributed by atoms with van der Waals surface area (Å²) in [5, 5.41) is 9.63. The summed E-state index contributed by atoms with van der Waals surface area (Å²) >= 11 is 5.73. The number of carbonyl (C=O) groups is 1. The zero-order chi connectivity index (χ0) is 30.1. The molecule has 6 rings (SSSR count). The summed E-state index contributed by atoms with van der Waals surface area (Å²) in [6, 6.07) is 5.36. The molecule has 1 aromatic carbocycles. The number of ether oxygens (including phenoxy) is 3. The van der Waals surface area contributed by atoms with E-state index in [-0.39, 0.29) is 46.8 Å². The van der Waals surface area contributed by atoms with Crippen LogP contribution in [0.15, 0.2) is 36.7 Å². The Morgan fingerprint density at radius 3 is 2.74 bits per heavy atom. The number of piperidine rings is 1. The SMILES string of the molecule is C[C@H]1C[C@@H](Oc2ccnc(COc3ncc(Cl)cc3F)n2)CCN1Cc1nc2c(F)cc(C(=O)O)cc2n1C[C@@H]1CCO1. The van der Waals surface area contributed by atoms with E-state index in [4.69, 9.17) is 25.8 Å². The van der Waals surface area contributed by atoms with Gasteiger partial charge < -0.3 is 23.9 Å². The van der Waals surface area contributed by atoms with E-state index in [9.17, 15) is 18.7 Å². The minimum Gasteiger partial charge on any atom is -0.478 e. The summed E-state index contributed by atoms with van der Waals surface area (Å²) in [6.45, 7) is 4.29. The molecule has 14 heteroatoms. The van der Waals surface area contributed by atoms with Gasteiger partial charge in [-0.15, -0.1) is 0 Å². The lowest BCUT2D eigenvalue weighted by Gasteiger charge is -2.37. The standard InChI is InChI=1S/C29H29ClF2N6O5/c1-16-8-19(43-26-2-5-33-24(35-26)15-42-28-22(32)11-18(30)12-34-28)3-6-37(16)14-25-36-27-21(31)9-17(29(39)40)10-23(27)38(25)13-20-4-7-41-20/h2,5,9-12,16,19-20H,3-4,6-8,13-15H2,1H3,(H,39,40)/t16-,19-,20-/m0/s1. The van der Waals surface area contributed by atoms with Crippen LogP contribution in [-0.2, 0) is 24.4 Å². The number of hydrogen-bond donors (Lipinski definition) is 1. The second-order valence-electron chi connectivity index (χ2n) is 10.7. The van der Waals surface area contributed by atoms with Crippen molar-refractivity contribution in [2.75, 3.05) is 13.2 Å². The number of hydrogen-bond acceptors (Lipinski definition) is 9. The van der Waals surface area contributed by atoms with E-state index >= 15 is 0 Å². The van der Waals surface area contributed by atoms with Gasteiger partial charge in [-0.1, -0.05) is 11.6 Å². The van der Waals surface area contributed by atoms with Crippen LogP contribution in [0.4, 0.5) is 8.78 Å². The van der Waals surface area contributed by atoms with Gasteiger partial charge in [-0.05, 0) is 44.4 Å². The van der Waals surface area contributed by atoms with Crippen LogP contribution in [0.1, 0.15) is 48.2 Å². The van der Waals surface area contributed by atoms with E-state index in [2.05, 4.69) is 31.8 Å². The first kappa shape index (κ1) is 29.1. The highest BCUT2D eigenvalue weighted by atomic mass is 35.5. The molecule has 2 saturated heterocycles. The Labute approximate surface area is 250 Å². The average molecular weight is 615 g/mol. The summed E-state index contributed by atoms with van der Waals surface area (Å²) in [5.41, 5.74) is 0.488. The molecule has 3 atom stereocenters. The molecule has 226 valence electrons. The van der Waals surface area contributed by atoms with Crippen LogP contribution < -0.4 is 9.47 Å². The van der Waals surface area contributed by atoms with Crippen molar-refractivity contribution < 1.29 is 32.9 Å². The lowest BCUT2D eigenvalue weighted by Crippen LogP contribution is -2.44. The molecule has 2 fully saturated rings. The molecule has 0 aliphatic carbocycles. The molecule has 0 radical (unpaired) electrons. The number of benzene rings is 1. The molecule has 43 heavy (non-hydrogen) atoms. The summed E-state index contributed by atoms with van der Waals surface area (Å²) < 4.78 is 48.0. The molecule has 0 spiro atoms. The van der Waals surface area contributed by atoms with Crippen LogP contribution in [0.2, 0.25) is 5.02 Å². The van der Waals surface area contributed by atoms with Crippen molar-refractivity contribution in [2.24, 2.45) is 0 Å². The van der Waals surface area contributed by atoms with Gasteiger partial charge in [0.1, 0.15) is 24.1 Å². The van der Waals surface area contributed by atoms with Gasteiger partial charge in [0.15, 0.2) is 17.5 Å². The zero-order valence-corrected chi connectivity index (χ0v) is 24.0. The zero-order valence-electron chi connectivity index (χ0n) is 23.3. The monoisotopic (exact) mass is 614 g/mol. The van der Waals surface area contributed by atoms with Gasteiger partial charge in [0.25, 0.3) is 5.88 Å². The highest BCUT2D eigenvalue weighted by Crippen LogP contribution is 2.28. The molecule has 3 aromatic heterocycles. The lowest BCUT2D eigenvalue weighted by molar-refractivity contribution is -0.0593. The number of carboxylic acids is 1. The Morgan fingerprint density at radius 1 is 1.19 bits per heavy atom. The van der Waals surface area contributed by atoms with Crippen molar-refractivity contribution in [2.45, 2.75) is 64.1 Å². The molecule has 0 saturated carbocycles. The van der Waals surface area contributed by atoms with E-state index in [1.54, 1.807) is 12.3 Å². The second-order valence-corrected chi connectivity index (χ2v) is 11.1. The Hall–Kier alpha value is -3.94. The fourth-order valence-electron chi connectivity index (χ4n) is 5.34. The van der Waals surface area contributed by atoms with Crippen LogP contribution in [-0.4, -0.2) is 71.9 Å². The summed E-state index contributed by atoms with van der Waals surface area (Å²) in [7, 11) is 0. The van der Waals surface area contributed by atoms with Gasteiger partial charge in [0, 0.05) is 37.7 Å². The third kappa shape index (κ3) is 6.53. The lowest BCUT2D eigenvalue weighted by atomic mass is 10.0. The van der Waals surface area contributed by atoms with Gasteiger partial charge >= 0.3 is 5.97 Å². The molecular formula is C29H29ClF2N6O5. The number of imidazole rings is 1. The maximum absolute atomic E-state index is 14.9. The van der Waals surface area contributed by atoms with Crippen LogP contribution in [0.25, 0.3) is 11.0 Å². The van der Waals surface area contributed by atoms with Crippen LogP contribution in [0.3, 0.4) is 0 Å². The highest BCUT2D eigenvalue weighted by Gasteiger charge is 2.30. The van der Waals surface area contributed by atoms with Gasteiger partial charge in [-0.2, -0.15) is 4.98 Å². The fraction of sp³-hybridized carbons (Fsp3) is 0.414. The third-order valence-electron chi connectivity index (χ3n) is 7.70. The van der Waals surface area contributed by atoms with E-state index < -0.39 is 17.6 Å². The predicted octanol–water partition coefficient (Wildman–Crippen LogP) is 4.65. The topological polar surface area (TPSA) is 125 Å². The summed E-state index contributed by atoms with van der Waals surface area (Å²) in [6.07, 6.45) is 5.02. The molecule has 0 bridgehead atoms. The molecule has 1 N–H and O–H groups in total. The van der Waals surface area contributed by atoms with Crippen molar-refractivity contribution in [1.82, 2.24) is 29.4 Å². The summed E-state index contributed by atoms with van der Waals surface area (Å²) in [4.78, 5) is 30.8. The number of likely N-dealkylation sites (tertiary alicyclic amines) is 1. The summed E-state index contributed by atoms with van der Waals surface area (Å²) in [5.74, 6) is -1.37. The first-order valence-electron chi connectivity index (χ1n) is 13.9. The van der Waals surface area contributed by atoms with E-state index in [1.165, 1.54) is 12.3 Å².